The Morgan fingerprint density at radius 2 is 2.04 bits per heavy atom. The van der Waals surface area contributed by atoms with Gasteiger partial charge < -0.3 is 20.3 Å². The summed E-state index contributed by atoms with van der Waals surface area (Å²) in [7, 11) is 3.54. The molecule has 0 saturated carbocycles. The molecule has 6 heteroatoms. The van der Waals surface area contributed by atoms with E-state index >= 15 is 0 Å². The van der Waals surface area contributed by atoms with Crippen molar-refractivity contribution in [1.82, 2.24) is 9.80 Å². The number of amides is 2. The maximum absolute atomic E-state index is 12.7. The van der Waals surface area contributed by atoms with Crippen LogP contribution in [0.2, 0.25) is 0 Å². The van der Waals surface area contributed by atoms with Crippen molar-refractivity contribution in [3.05, 3.63) is 29.3 Å². The number of hydrogen-bond acceptors (Lipinski definition) is 4. The van der Waals surface area contributed by atoms with Crippen molar-refractivity contribution in [1.29, 1.82) is 0 Å². The van der Waals surface area contributed by atoms with Crippen LogP contribution >= 0.6 is 0 Å². The normalized spacial score (nSPS) is 19.3. The predicted octanol–water partition coefficient (Wildman–Crippen LogP) is 0.422. The average molecular weight is 319 g/mol. The number of nitrogens with two attached hydrogens (primary N) is 1. The third-order valence-electron chi connectivity index (χ3n) is 4.26. The van der Waals surface area contributed by atoms with Gasteiger partial charge in [-0.1, -0.05) is 17.7 Å². The standard InChI is InChI=1S/C17H25N3O3/c1-12-4-5-15(23-3)13(8-12)9-16(21)20-7-6-19(2)10-14(11-20)17(18)22/h4-5,8,14H,6-7,9-11H2,1-3H3,(H2,18,22)/t14-/m1/s1. The number of carbonyl (C=O) groups excluding carboxylic acids is 2. The first-order chi connectivity index (χ1) is 10.9. The highest BCUT2D eigenvalue weighted by molar-refractivity contribution is 5.82. The molecule has 0 bridgehead atoms. The van der Waals surface area contributed by atoms with E-state index in [1.165, 1.54) is 0 Å². The molecule has 2 rings (SSSR count). The molecule has 2 amide bonds. The SMILES string of the molecule is COc1ccc(C)cc1CC(=O)N1CCN(C)C[C@@H](C(N)=O)C1. The Balaban J connectivity index is 2.13. The predicted molar refractivity (Wildman–Crippen MR) is 88.2 cm³/mol. The van der Waals surface area contributed by atoms with Gasteiger partial charge >= 0.3 is 0 Å². The molecule has 1 aliphatic heterocycles. The first-order valence-corrected chi connectivity index (χ1v) is 7.80. The smallest absolute Gasteiger partial charge is 0.227 e. The van der Waals surface area contributed by atoms with E-state index in [9.17, 15) is 9.59 Å². The van der Waals surface area contributed by atoms with Gasteiger partial charge in [0, 0.05) is 31.7 Å². The van der Waals surface area contributed by atoms with Gasteiger partial charge in [0.2, 0.25) is 11.8 Å². The first kappa shape index (κ1) is 17.3. The highest BCUT2D eigenvalue weighted by Gasteiger charge is 2.27. The summed E-state index contributed by atoms with van der Waals surface area (Å²) in [6.07, 6.45) is 0.264. The molecule has 126 valence electrons. The second kappa shape index (κ2) is 7.46. The number of aryl methyl sites for hydroxylation is 1. The maximum Gasteiger partial charge on any atom is 0.227 e. The van der Waals surface area contributed by atoms with Crippen LogP contribution in [0.3, 0.4) is 0 Å². The molecule has 1 atom stereocenters. The number of primary amides is 1. The van der Waals surface area contributed by atoms with Gasteiger partial charge in [0.05, 0.1) is 19.4 Å². The van der Waals surface area contributed by atoms with Crippen LogP contribution < -0.4 is 10.5 Å². The summed E-state index contributed by atoms with van der Waals surface area (Å²) < 4.78 is 5.34. The Labute approximate surface area is 137 Å². The summed E-state index contributed by atoms with van der Waals surface area (Å²) in [5, 5.41) is 0. The van der Waals surface area contributed by atoms with Gasteiger partial charge in [-0.2, -0.15) is 0 Å². The van der Waals surface area contributed by atoms with Crippen molar-refractivity contribution in [2.45, 2.75) is 13.3 Å². The molecule has 1 fully saturated rings. The van der Waals surface area contributed by atoms with E-state index in [-0.39, 0.29) is 24.2 Å². The van der Waals surface area contributed by atoms with Crippen LogP contribution in [-0.4, -0.2) is 62.0 Å². The van der Waals surface area contributed by atoms with Crippen LogP contribution in [0.25, 0.3) is 0 Å². The van der Waals surface area contributed by atoms with Gasteiger partial charge in [-0.15, -0.1) is 0 Å². The minimum absolute atomic E-state index is 0.00421. The van der Waals surface area contributed by atoms with Gasteiger partial charge in [-0.05, 0) is 20.0 Å². The van der Waals surface area contributed by atoms with Crippen LogP contribution in [0.15, 0.2) is 18.2 Å². The molecular weight excluding hydrogens is 294 g/mol. The number of methoxy groups -OCH3 is 1. The zero-order chi connectivity index (χ0) is 17.0. The largest absolute Gasteiger partial charge is 0.496 e. The molecule has 0 aromatic heterocycles. The molecule has 0 spiro atoms. The van der Waals surface area contributed by atoms with E-state index in [0.717, 1.165) is 17.7 Å². The molecule has 1 saturated heterocycles. The lowest BCUT2D eigenvalue weighted by Crippen LogP contribution is -2.40. The average Bonchev–Trinajstić information content (AvgIpc) is 2.69. The Hall–Kier alpha value is -2.08. The monoisotopic (exact) mass is 319 g/mol. The molecule has 6 nitrogen and oxygen atoms in total. The van der Waals surface area contributed by atoms with E-state index in [0.29, 0.717) is 25.4 Å². The molecule has 1 aromatic carbocycles. The lowest BCUT2D eigenvalue weighted by atomic mass is 10.1. The Kier molecular flexibility index (Phi) is 5.60. The van der Waals surface area contributed by atoms with Gasteiger partial charge in [0.15, 0.2) is 0 Å². The summed E-state index contributed by atoms with van der Waals surface area (Å²) in [5.41, 5.74) is 7.40. The zero-order valence-corrected chi connectivity index (χ0v) is 14.0. The van der Waals surface area contributed by atoms with Gasteiger partial charge in [0.25, 0.3) is 0 Å². The summed E-state index contributed by atoms with van der Waals surface area (Å²) in [4.78, 5) is 28.0. The Morgan fingerprint density at radius 3 is 2.70 bits per heavy atom. The second-order valence-corrected chi connectivity index (χ2v) is 6.19. The van der Waals surface area contributed by atoms with Crippen LogP contribution in [0.4, 0.5) is 0 Å². The van der Waals surface area contributed by atoms with Gasteiger partial charge in [0.1, 0.15) is 5.75 Å². The Morgan fingerprint density at radius 1 is 1.30 bits per heavy atom. The molecule has 0 radical (unpaired) electrons. The van der Waals surface area contributed by atoms with Gasteiger partial charge in [-0.25, -0.2) is 0 Å². The zero-order valence-electron chi connectivity index (χ0n) is 14.0. The number of benzene rings is 1. The van der Waals surface area contributed by atoms with Crippen molar-refractivity contribution in [2.75, 3.05) is 40.3 Å². The minimum atomic E-state index is -0.357. The highest BCUT2D eigenvalue weighted by atomic mass is 16.5. The maximum atomic E-state index is 12.7. The number of likely N-dealkylation sites (N-methyl/N-ethyl adjacent to an activating group) is 1. The van der Waals surface area contributed by atoms with Crippen LogP contribution in [0.5, 0.6) is 5.75 Å². The molecule has 0 aliphatic carbocycles. The number of carbonyl (C=O) groups is 2. The van der Waals surface area contributed by atoms with Gasteiger partial charge in [-0.3, -0.25) is 9.59 Å². The van der Waals surface area contributed by atoms with Crippen LogP contribution in [0.1, 0.15) is 11.1 Å². The quantitative estimate of drug-likeness (QED) is 0.873. The summed E-state index contributed by atoms with van der Waals surface area (Å²) in [6.45, 7) is 4.30. The van der Waals surface area contributed by atoms with Crippen LogP contribution in [0, 0.1) is 12.8 Å². The first-order valence-electron chi connectivity index (χ1n) is 7.80. The van der Waals surface area contributed by atoms with E-state index in [1.807, 2.05) is 37.1 Å². The second-order valence-electron chi connectivity index (χ2n) is 6.19. The number of hydrogen-bond donors (Lipinski definition) is 1. The molecule has 2 N–H and O–H groups in total. The van der Waals surface area contributed by atoms with Crippen molar-refractivity contribution < 1.29 is 14.3 Å². The van der Waals surface area contributed by atoms with Crippen molar-refractivity contribution in [2.24, 2.45) is 11.7 Å². The van der Waals surface area contributed by atoms with Crippen molar-refractivity contribution >= 4 is 11.8 Å². The fourth-order valence-corrected chi connectivity index (χ4v) is 2.90. The molecular formula is C17H25N3O3. The molecule has 23 heavy (non-hydrogen) atoms. The summed E-state index contributed by atoms with van der Waals surface area (Å²) >= 11 is 0. The summed E-state index contributed by atoms with van der Waals surface area (Å²) in [6, 6.07) is 5.80. The molecule has 1 heterocycles. The minimum Gasteiger partial charge on any atom is -0.496 e. The van der Waals surface area contributed by atoms with Crippen molar-refractivity contribution in [3.8, 4) is 5.75 Å². The third kappa shape index (κ3) is 4.45. The number of nitrogens with zero attached hydrogens (tertiary/aromatic N) is 2. The van der Waals surface area contributed by atoms with E-state index in [4.69, 9.17) is 10.5 Å². The molecule has 0 unspecified atom stereocenters. The number of rotatable bonds is 4. The van der Waals surface area contributed by atoms with E-state index < -0.39 is 0 Å². The third-order valence-corrected chi connectivity index (χ3v) is 4.26. The number of ether oxygens (including phenoxy) is 1. The molecule has 1 aromatic rings. The fraction of sp³-hybridized carbons (Fsp3) is 0.529. The summed E-state index contributed by atoms with van der Waals surface area (Å²) in [5.74, 6) is 0.0216. The lowest BCUT2D eigenvalue weighted by Gasteiger charge is -2.23. The van der Waals surface area contributed by atoms with Crippen LogP contribution in [-0.2, 0) is 16.0 Å². The fourth-order valence-electron chi connectivity index (χ4n) is 2.90. The van der Waals surface area contributed by atoms with Crippen molar-refractivity contribution in [3.63, 3.8) is 0 Å². The van der Waals surface area contributed by atoms with E-state index in [1.54, 1.807) is 12.0 Å². The topological polar surface area (TPSA) is 75.9 Å². The highest BCUT2D eigenvalue weighted by Crippen LogP contribution is 2.21. The molecule has 1 aliphatic rings. The van der Waals surface area contributed by atoms with E-state index in [2.05, 4.69) is 0 Å². The Bertz CT molecular complexity index is 588. The lowest BCUT2D eigenvalue weighted by molar-refractivity contribution is -0.131.